The Labute approximate surface area is 155 Å². The zero-order chi connectivity index (χ0) is 17.9. The molecular formula is C21H18N2O2S. The van der Waals surface area contributed by atoms with Gasteiger partial charge in [0.1, 0.15) is 5.00 Å². The SMILES string of the molecule is O=C(Nc1sc2c(c1C(=O)c1ccccc1)CCCC2)c1ccncc1. The number of anilines is 1. The van der Waals surface area contributed by atoms with E-state index in [-0.39, 0.29) is 11.7 Å². The predicted molar refractivity (Wildman–Crippen MR) is 103 cm³/mol. The molecule has 1 aliphatic carbocycles. The lowest BCUT2D eigenvalue weighted by atomic mass is 9.92. The number of carbonyl (C=O) groups is 2. The average molecular weight is 362 g/mol. The van der Waals surface area contributed by atoms with E-state index in [1.54, 1.807) is 24.5 Å². The van der Waals surface area contributed by atoms with E-state index in [2.05, 4.69) is 10.3 Å². The number of carbonyl (C=O) groups excluding carboxylic acids is 2. The standard InChI is InChI=1S/C21H18N2O2S/c24-19(14-6-2-1-3-7-14)18-16-8-4-5-9-17(16)26-21(18)23-20(25)15-10-12-22-13-11-15/h1-3,6-7,10-13H,4-5,8-9H2,(H,23,25). The lowest BCUT2D eigenvalue weighted by Gasteiger charge is -2.12. The van der Waals surface area contributed by atoms with Gasteiger partial charge in [-0.25, -0.2) is 0 Å². The van der Waals surface area contributed by atoms with Gasteiger partial charge in [-0.1, -0.05) is 30.3 Å². The van der Waals surface area contributed by atoms with Gasteiger partial charge in [0.25, 0.3) is 5.91 Å². The summed E-state index contributed by atoms with van der Waals surface area (Å²) in [6, 6.07) is 12.6. The minimum atomic E-state index is -0.215. The highest BCUT2D eigenvalue weighted by atomic mass is 32.1. The molecule has 1 aromatic carbocycles. The molecule has 0 spiro atoms. The van der Waals surface area contributed by atoms with Crippen molar-refractivity contribution in [3.8, 4) is 0 Å². The molecule has 0 aliphatic heterocycles. The Morgan fingerprint density at radius 2 is 1.65 bits per heavy atom. The van der Waals surface area contributed by atoms with Crippen molar-refractivity contribution < 1.29 is 9.59 Å². The highest BCUT2D eigenvalue weighted by molar-refractivity contribution is 7.17. The third kappa shape index (κ3) is 3.18. The molecule has 26 heavy (non-hydrogen) atoms. The van der Waals surface area contributed by atoms with Crippen molar-refractivity contribution in [3.63, 3.8) is 0 Å². The first kappa shape index (κ1) is 16.7. The van der Waals surface area contributed by atoms with Crippen LogP contribution in [0.5, 0.6) is 0 Å². The van der Waals surface area contributed by atoms with Crippen LogP contribution in [0, 0.1) is 0 Å². The molecule has 0 radical (unpaired) electrons. The molecule has 0 bridgehead atoms. The fourth-order valence-corrected chi connectivity index (χ4v) is 4.59. The van der Waals surface area contributed by atoms with Crippen molar-refractivity contribution in [2.45, 2.75) is 25.7 Å². The maximum absolute atomic E-state index is 13.2. The van der Waals surface area contributed by atoms with Crippen LogP contribution in [0.15, 0.2) is 54.9 Å². The van der Waals surface area contributed by atoms with Crippen LogP contribution in [0.25, 0.3) is 0 Å². The predicted octanol–water partition coefficient (Wildman–Crippen LogP) is 4.51. The fraction of sp³-hybridized carbons (Fsp3) is 0.190. The number of aromatic nitrogens is 1. The Hall–Kier alpha value is -2.79. The lowest BCUT2D eigenvalue weighted by molar-refractivity contribution is 0.102. The average Bonchev–Trinajstić information content (AvgIpc) is 3.06. The second kappa shape index (κ2) is 7.22. The van der Waals surface area contributed by atoms with Crippen molar-refractivity contribution in [1.29, 1.82) is 0 Å². The monoisotopic (exact) mass is 362 g/mol. The van der Waals surface area contributed by atoms with E-state index in [1.165, 1.54) is 16.2 Å². The van der Waals surface area contributed by atoms with Crippen LogP contribution in [-0.2, 0) is 12.8 Å². The summed E-state index contributed by atoms with van der Waals surface area (Å²) in [5.74, 6) is -0.233. The second-order valence-electron chi connectivity index (χ2n) is 6.30. The minimum absolute atomic E-state index is 0.0185. The molecule has 1 N–H and O–H groups in total. The third-order valence-electron chi connectivity index (χ3n) is 4.60. The number of nitrogens with zero attached hydrogens (tertiary/aromatic N) is 1. The van der Waals surface area contributed by atoms with Gasteiger partial charge in [0.2, 0.25) is 0 Å². The van der Waals surface area contributed by atoms with Gasteiger partial charge in [0, 0.05) is 28.4 Å². The van der Waals surface area contributed by atoms with Crippen LogP contribution < -0.4 is 5.32 Å². The minimum Gasteiger partial charge on any atom is -0.313 e. The summed E-state index contributed by atoms with van der Waals surface area (Å²) in [6.07, 6.45) is 7.25. The van der Waals surface area contributed by atoms with Crippen LogP contribution in [0.3, 0.4) is 0 Å². The number of benzene rings is 1. The molecule has 4 nitrogen and oxygen atoms in total. The summed E-state index contributed by atoms with van der Waals surface area (Å²) in [6.45, 7) is 0. The molecule has 3 aromatic rings. The van der Waals surface area contributed by atoms with E-state index < -0.39 is 0 Å². The van der Waals surface area contributed by atoms with Crippen molar-refractivity contribution in [2.24, 2.45) is 0 Å². The molecule has 0 unspecified atom stereocenters. The van der Waals surface area contributed by atoms with E-state index in [1.807, 2.05) is 30.3 Å². The molecule has 1 aliphatic rings. The van der Waals surface area contributed by atoms with Gasteiger partial charge in [-0.05, 0) is 43.4 Å². The van der Waals surface area contributed by atoms with E-state index >= 15 is 0 Å². The summed E-state index contributed by atoms with van der Waals surface area (Å²) in [5, 5.41) is 3.63. The first-order valence-electron chi connectivity index (χ1n) is 8.69. The maximum atomic E-state index is 13.2. The van der Waals surface area contributed by atoms with Crippen LogP contribution in [0.2, 0.25) is 0 Å². The molecule has 0 fully saturated rings. The second-order valence-corrected chi connectivity index (χ2v) is 7.41. The topological polar surface area (TPSA) is 59.1 Å². The van der Waals surface area contributed by atoms with Gasteiger partial charge in [-0.3, -0.25) is 14.6 Å². The van der Waals surface area contributed by atoms with E-state index in [4.69, 9.17) is 0 Å². The molecule has 4 rings (SSSR count). The summed E-state index contributed by atoms with van der Waals surface area (Å²) in [5.41, 5.74) is 2.96. The van der Waals surface area contributed by atoms with Gasteiger partial charge >= 0.3 is 0 Å². The quantitative estimate of drug-likeness (QED) is 0.695. The Morgan fingerprint density at radius 3 is 2.42 bits per heavy atom. The molecule has 5 heteroatoms. The summed E-state index contributed by atoms with van der Waals surface area (Å²) in [4.78, 5) is 30.9. The van der Waals surface area contributed by atoms with E-state index in [0.717, 1.165) is 31.2 Å². The Balaban J connectivity index is 1.74. The van der Waals surface area contributed by atoms with Gasteiger partial charge in [-0.2, -0.15) is 0 Å². The highest BCUT2D eigenvalue weighted by Gasteiger charge is 2.27. The lowest BCUT2D eigenvalue weighted by Crippen LogP contribution is -2.15. The highest BCUT2D eigenvalue weighted by Crippen LogP contribution is 2.39. The molecule has 0 saturated heterocycles. The molecule has 130 valence electrons. The Kier molecular flexibility index (Phi) is 4.63. The molecule has 2 heterocycles. The normalized spacial score (nSPS) is 13.1. The first-order chi connectivity index (χ1) is 12.7. The number of thiophene rings is 1. The van der Waals surface area contributed by atoms with Gasteiger partial charge < -0.3 is 5.32 Å². The van der Waals surface area contributed by atoms with Crippen molar-refractivity contribution in [2.75, 3.05) is 5.32 Å². The van der Waals surface area contributed by atoms with Crippen LogP contribution in [0.1, 0.15) is 49.6 Å². The van der Waals surface area contributed by atoms with Crippen molar-refractivity contribution in [1.82, 2.24) is 4.98 Å². The number of hydrogen-bond acceptors (Lipinski definition) is 4. The van der Waals surface area contributed by atoms with E-state index in [9.17, 15) is 9.59 Å². The van der Waals surface area contributed by atoms with Gasteiger partial charge in [0.05, 0.1) is 5.56 Å². The molecular weight excluding hydrogens is 344 g/mol. The van der Waals surface area contributed by atoms with Gasteiger partial charge in [-0.15, -0.1) is 11.3 Å². The smallest absolute Gasteiger partial charge is 0.256 e. The zero-order valence-corrected chi connectivity index (χ0v) is 15.0. The van der Waals surface area contributed by atoms with Crippen LogP contribution >= 0.6 is 11.3 Å². The number of pyridine rings is 1. The molecule has 0 atom stereocenters. The Morgan fingerprint density at radius 1 is 0.923 bits per heavy atom. The van der Waals surface area contributed by atoms with Gasteiger partial charge in [0.15, 0.2) is 5.78 Å². The largest absolute Gasteiger partial charge is 0.313 e. The van der Waals surface area contributed by atoms with Crippen molar-refractivity contribution >= 4 is 28.0 Å². The van der Waals surface area contributed by atoms with Crippen molar-refractivity contribution in [3.05, 3.63) is 82.0 Å². The summed E-state index contributed by atoms with van der Waals surface area (Å²) in [7, 11) is 0. The number of amides is 1. The van der Waals surface area contributed by atoms with E-state index in [0.29, 0.717) is 21.7 Å². The molecule has 2 aromatic heterocycles. The molecule has 0 saturated carbocycles. The molecule has 1 amide bonds. The number of ketones is 1. The summed E-state index contributed by atoms with van der Waals surface area (Å²) >= 11 is 1.54. The first-order valence-corrected chi connectivity index (χ1v) is 9.51. The number of aryl methyl sites for hydroxylation is 1. The third-order valence-corrected chi connectivity index (χ3v) is 5.81. The van der Waals surface area contributed by atoms with Crippen LogP contribution in [0.4, 0.5) is 5.00 Å². The number of rotatable bonds is 4. The fourth-order valence-electron chi connectivity index (χ4n) is 3.31. The number of nitrogens with one attached hydrogen (secondary N) is 1. The maximum Gasteiger partial charge on any atom is 0.256 e. The summed E-state index contributed by atoms with van der Waals surface area (Å²) < 4.78 is 0. The van der Waals surface area contributed by atoms with Crippen LogP contribution in [-0.4, -0.2) is 16.7 Å². The number of fused-ring (bicyclic) bond motifs is 1. The number of hydrogen-bond donors (Lipinski definition) is 1. The zero-order valence-electron chi connectivity index (χ0n) is 14.2. The Bertz CT molecular complexity index is 949.